The van der Waals surface area contributed by atoms with Crippen LogP contribution in [0.3, 0.4) is 0 Å². The molecule has 0 aliphatic carbocycles. The Bertz CT molecular complexity index is 762. The maximum Gasteiger partial charge on any atom is 0.248 e. The molecule has 0 unspecified atom stereocenters. The molecule has 2 rings (SSSR count). The molecule has 0 radical (unpaired) electrons. The van der Waals surface area contributed by atoms with Crippen molar-refractivity contribution >= 4 is 57.9 Å². The Morgan fingerprint density at radius 2 is 1.26 bits per heavy atom. The first-order chi connectivity index (χ1) is 12.9. The van der Waals surface area contributed by atoms with E-state index in [0.717, 1.165) is 0 Å². The smallest absolute Gasteiger partial charge is 0.248 e. The van der Waals surface area contributed by atoms with Crippen molar-refractivity contribution < 1.29 is 9.59 Å². The Labute approximate surface area is 167 Å². The summed E-state index contributed by atoms with van der Waals surface area (Å²) in [5, 5.41) is 2.68. The number of hydrogen-bond donors (Lipinski definition) is 2. The van der Waals surface area contributed by atoms with Crippen LogP contribution in [0.5, 0.6) is 0 Å². The molecule has 0 saturated heterocycles. The number of carbonyl (C=O) groups is 2. The van der Waals surface area contributed by atoms with E-state index in [-0.39, 0.29) is 0 Å². The topological polar surface area (TPSA) is 90.5 Å². The predicted molar refractivity (Wildman–Crippen MR) is 111 cm³/mol. The van der Waals surface area contributed by atoms with Gasteiger partial charge in [-0.25, -0.2) is 20.0 Å². The van der Waals surface area contributed by atoms with Crippen LogP contribution in [0.4, 0.5) is 11.6 Å². The summed E-state index contributed by atoms with van der Waals surface area (Å²) in [6.07, 6.45) is 2.72. The number of anilines is 2. The second-order valence-electron chi connectivity index (χ2n) is 5.33. The number of nitrogens with one attached hydrogen (secondary N) is 2. The van der Waals surface area contributed by atoms with Gasteiger partial charge in [0.25, 0.3) is 0 Å². The first-order valence-electron chi connectivity index (χ1n) is 7.91. The number of thiocarbonyl (C=S) groups is 2. The van der Waals surface area contributed by atoms with E-state index >= 15 is 0 Å². The summed E-state index contributed by atoms with van der Waals surface area (Å²) in [7, 11) is 0. The highest BCUT2D eigenvalue weighted by Crippen LogP contribution is 2.09. The molecule has 0 aromatic carbocycles. The SMILES string of the molecule is CC(=S)N(NC(=O)CC(=O)NN(C(C)=S)c1ccccn1)c1ccccn1. The predicted octanol–water partition coefficient (Wildman–Crippen LogP) is 1.94. The van der Waals surface area contributed by atoms with Crippen molar-refractivity contribution in [1.82, 2.24) is 20.8 Å². The highest BCUT2D eigenvalue weighted by Gasteiger charge is 2.19. The van der Waals surface area contributed by atoms with Gasteiger partial charge in [0.1, 0.15) is 16.4 Å². The summed E-state index contributed by atoms with van der Waals surface area (Å²) in [5.41, 5.74) is 5.14. The zero-order valence-corrected chi connectivity index (χ0v) is 16.4. The normalized spacial score (nSPS) is 9.85. The van der Waals surface area contributed by atoms with Crippen molar-refractivity contribution in [3.8, 4) is 0 Å². The van der Waals surface area contributed by atoms with Gasteiger partial charge in [-0.3, -0.25) is 20.4 Å². The highest BCUT2D eigenvalue weighted by molar-refractivity contribution is 7.80. The molecule has 0 fully saturated rings. The number of amides is 2. The third-order valence-electron chi connectivity index (χ3n) is 3.18. The molecule has 2 aromatic heterocycles. The molecule has 10 heteroatoms. The lowest BCUT2D eigenvalue weighted by Crippen LogP contribution is -2.49. The van der Waals surface area contributed by atoms with Crippen LogP contribution in [0, 0.1) is 0 Å². The average Bonchev–Trinajstić information content (AvgIpc) is 2.65. The molecular formula is C17H18N6O2S2. The number of nitrogens with zero attached hydrogens (tertiary/aromatic N) is 4. The fourth-order valence-electron chi connectivity index (χ4n) is 2.04. The molecule has 0 spiro atoms. The fraction of sp³-hybridized carbons (Fsp3) is 0.176. The van der Waals surface area contributed by atoms with E-state index in [9.17, 15) is 9.59 Å². The largest absolute Gasteiger partial charge is 0.273 e. The Hall–Kier alpha value is -2.98. The number of pyridine rings is 2. The average molecular weight is 403 g/mol. The lowest BCUT2D eigenvalue weighted by molar-refractivity contribution is -0.129. The van der Waals surface area contributed by atoms with Gasteiger partial charge in [-0.05, 0) is 38.1 Å². The van der Waals surface area contributed by atoms with Crippen molar-refractivity contribution in [3.05, 3.63) is 48.8 Å². The molecule has 140 valence electrons. The van der Waals surface area contributed by atoms with Gasteiger partial charge >= 0.3 is 0 Å². The maximum atomic E-state index is 12.3. The van der Waals surface area contributed by atoms with Crippen LogP contribution >= 0.6 is 24.4 Å². The molecule has 0 aliphatic rings. The fourth-order valence-corrected chi connectivity index (χ4v) is 2.32. The summed E-state index contributed by atoms with van der Waals surface area (Å²) >= 11 is 10.3. The summed E-state index contributed by atoms with van der Waals surface area (Å²) in [5.74, 6) is -0.206. The van der Waals surface area contributed by atoms with Crippen molar-refractivity contribution in [2.24, 2.45) is 0 Å². The Kier molecular flexibility index (Phi) is 7.26. The van der Waals surface area contributed by atoms with Crippen LogP contribution in [0.2, 0.25) is 0 Å². The van der Waals surface area contributed by atoms with Crippen LogP contribution < -0.4 is 20.9 Å². The number of carbonyl (C=O) groups excluding carboxylic acids is 2. The monoisotopic (exact) mass is 402 g/mol. The minimum Gasteiger partial charge on any atom is -0.273 e. The molecule has 2 aromatic rings. The van der Waals surface area contributed by atoms with Crippen molar-refractivity contribution in [2.75, 3.05) is 10.0 Å². The van der Waals surface area contributed by atoms with E-state index in [2.05, 4.69) is 20.8 Å². The summed E-state index contributed by atoms with van der Waals surface area (Å²) in [6, 6.07) is 10.4. The second-order valence-corrected chi connectivity index (χ2v) is 6.51. The summed E-state index contributed by atoms with van der Waals surface area (Å²) < 4.78 is 0. The second kappa shape index (κ2) is 9.64. The van der Waals surface area contributed by atoms with E-state index in [1.54, 1.807) is 62.6 Å². The first-order valence-corrected chi connectivity index (χ1v) is 8.72. The van der Waals surface area contributed by atoms with Gasteiger partial charge in [-0.15, -0.1) is 0 Å². The zero-order valence-electron chi connectivity index (χ0n) is 14.7. The van der Waals surface area contributed by atoms with Crippen molar-refractivity contribution in [1.29, 1.82) is 0 Å². The minimum absolute atomic E-state index is 0.382. The molecule has 2 N–H and O–H groups in total. The van der Waals surface area contributed by atoms with Gasteiger partial charge in [0, 0.05) is 12.4 Å². The molecule has 0 atom stereocenters. The van der Waals surface area contributed by atoms with Crippen LogP contribution in [0.1, 0.15) is 20.3 Å². The maximum absolute atomic E-state index is 12.3. The molecule has 27 heavy (non-hydrogen) atoms. The quantitative estimate of drug-likeness (QED) is 0.456. The highest BCUT2D eigenvalue weighted by atomic mass is 32.1. The Morgan fingerprint density at radius 1 is 0.852 bits per heavy atom. The lowest BCUT2D eigenvalue weighted by Gasteiger charge is -2.24. The molecule has 0 saturated carbocycles. The van der Waals surface area contributed by atoms with Crippen molar-refractivity contribution in [3.63, 3.8) is 0 Å². The minimum atomic E-state index is -0.551. The van der Waals surface area contributed by atoms with Crippen LogP contribution in [0.15, 0.2) is 48.8 Å². The van der Waals surface area contributed by atoms with Crippen LogP contribution in [-0.2, 0) is 9.59 Å². The molecule has 2 amide bonds. The number of rotatable bonds is 4. The Balaban J connectivity index is 2.00. The van der Waals surface area contributed by atoms with E-state index in [1.807, 2.05) is 0 Å². The van der Waals surface area contributed by atoms with Gasteiger partial charge in [-0.2, -0.15) is 0 Å². The summed E-state index contributed by atoms with van der Waals surface area (Å²) in [4.78, 5) is 33.6. The Morgan fingerprint density at radius 3 is 1.56 bits per heavy atom. The van der Waals surface area contributed by atoms with Gasteiger partial charge < -0.3 is 0 Å². The molecule has 0 aliphatic heterocycles. The molecule has 8 nitrogen and oxygen atoms in total. The third kappa shape index (κ3) is 6.04. The molecular weight excluding hydrogens is 384 g/mol. The van der Waals surface area contributed by atoms with E-state index in [0.29, 0.717) is 21.6 Å². The number of hydrazine groups is 2. The van der Waals surface area contributed by atoms with E-state index in [1.165, 1.54) is 10.0 Å². The van der Waals surface area contributed by atoms with E-state index in [4.69, 9.17) is 24.4 Å². The lowest BCUT2D eigenvalue weighted by atomic mass is 10.4. The molecule has 2 heterocycles. The van der Waals surface area contributed by atoms with Gasteiger partial charge in [0.05, 0.1) is 0 Å². The third-order valence-corrected chi connectivity index (χ3v) is 3.55. The van der Waals surface area contributed by atoms with Crippen LogP contribution in [0.25, 0.3) is 0 Å². The number of aromatic nitrogens is 2. The van der Waals surface area contributed by atoms with Gasteiger partial charge in [-0.1, -0.05) is 36.6 Å². The van der Waals surface area contributed by atoms with Gasteiger partial charge in [0.2, 0.25) is 11.8 Å². The van der Waals surface area contributed by atoms with Crippen LogP contribution in [-0.4, -0.2) is 31.8 Å². The van der Waals surface area contributed by atoms with Crippen molar-refractivity contribution in [2.45, 2.75) is 20.3 Å². The zero-order chi connectivity index (χ0) is 19.8. The standard InChI is InChI=1S/C17H18N6O2S2/c1-12(26)22(14-7-3-5-9-18-14)20-16(24)11-17(25)21-23(13(2)27)15-8-4-6-10-19-15/h3-10H,11H2,1-2H3,(H,20,24)(H,21,25). The first kappa shape index (κ1) is 20.3. The van der Waals surface area contributed by atoms with E-state index < -0.39 is 18.2 Å². The molecule has 0 bridgehead atoms. The number of hydrogen-bond acceptors (Lipinski definition) is 6. The summed E-state index contributed by atoms with van der Waals surface area (Å²) in [6.45, 7) is 3.28. The van der Waals surface area contributed by atoms with Gasteiger partial charge in [0.15, 0.2) is 11.6 Å².